The van der Waals surface area contributed by atoms with Gasteiger partial charge in [-0.2, -0.15) is 0 Å². The number of nitrogens with two attached hydrogens (primary N) is 1. The average Bonchev–Trinajstić information content (AvgIpc) is 2.82. The first-order valence-electron chi connectivity index (χ1n) is 5.85. The maximum atomic E-state index is 11.7. The molecule has 0 aliphatic heterocycles. The van der Waals surface area contributed by atoms with Gasteiger partial charge in [-0.15, -0.1) is 10.2 Å². The number of benzene rings is 1. The molecule has 2 rings (SSSR count). The van der Waals surface area contributed by atoms with Crippen LogP contribution in [0.15, 0.2) is 35.5 Å². The lowest BCUT2D eigenvalue weighted by Gasteiger charge is -2.13. The van der Waals surface area contributed by atoms with E-state index >= 15 is 0 Å². The van der Waals surface area contributed by atoms with Crippen molar-refractivity contribution in [3.8, 4) is 5.69 Å². The van der Waals surface area contributed by atoms with E-state index in [1.807, 2.05) is 0 Å². The highest BCUT2D eigenvalue weighted by molar-refractivity contribution is 7.91. The van der Waals surface area contributed by atoms with Gasteiger partial charge in [-0.3, -0.25) is 4.57 Å². The quantitative estimate of drug-likeness (QED) is 0.842. The zero-order chi connectivity index (χ0) is 15.8. The highest BCUT2D eigenvalue weighted by Gasteiger charge is 2.29. The van der Waals surface area contributed by atoms with Crippen LogP contribution in [0.4, 0.5) is 0 Å². The number of hydrogen-bond acceptors (Lipinski definition) is 6. The summed E-state index contributed by atoms with van der Waals surface area (Å²) in [5.41, 5.74) is 0.414. The van der Waals surface area contributed by atoms with Gasteiger partial charge in [0.1, 0.15) is 5.25 Å². The first kappa shape index (κ1) is 15.6. The number of aromatic nitrogens is 3. The molecular weight excluding hydrogens is 316 g/mol. The van der Waals surface area contributed by atoms with E-state index < -0.39 is 30.3 Å². The summed E-state index contributed by atoms with van der Waals surface area (Å²) >= 11 is 0. The fourth-order valence-corrected chi connectivity index (χ4v) is 2.88. The molecule has 0 amide bonds. The van der Waals surface area contributed by atoms with E-state index in [0.717, 1.165) is 10.8 Å². The van der Waals surface area contributed by atoms with Gasteiger partial charge in [0.2, 0.25) is 0 Å². The molecule has 0 radical (unpaired) electrons. The Balaban J connectivity index is 2.78. The van der Waals surface area contributed by atoms with Gasteiger partial charge in [0.05, 0.1) is 0 Å². The molecule has 2 aromatic rings. The van der Waals surface area contributed by atoms with Crippen LogP contribution in [0.25, 0.3) is 5.69 Å². The van der Waals surface area contributed by atoms with Crippen LogP contribution in [-0.2, 0) is 19.9 Å². The summed E-state index contributed by atoms with van der Waals surface area (Å²) in [7, 11) is -7.62. The largest absolute Gasteiger partial charge is 0.274 e. The van der Waals surface area contributed by atoms with Gasteiger partial charge < -0.3 is 0 Å². The van der Waals surface area contributed by atoms with Crippen LogP contribution >= 0.6 is 0 Å². The van der Waals surface area contributed by atoms with E-state index in [0.29, 0.717) is 5.69 Å². The van der Waals surface area contributed by atoms with Crippen molar-refractivity contribution in [3.05, 3.63) is 36.2 Å². The predicted molar refractivity (Wildman–Crippen MR) is 76.0 cm³/mol. The molecule has 0 aliphatic carbocycles. The molecule has 1 aromatic carbocycles. The first-order valence-corrected chi connectivity index (χ1v) is 9.35. The van der Waals surface area contributed by atoms with Gasteiger partial charge in [-0.1, -0.05) is 18.2 Å². The molecule has 0 saturated carbocycles. The summed E-state index contributed by atoms with van der Waals surface area (Å²) in [6.07, 6.45) is 1.04. The van der Waals surface area contributed by atoms with Crippen molar-refractivity contribution in [2.24, 2.45) is 5.14 Å². The second kappa shape index (κ2) is 5.20. The van der Waals surface area contributed by atoms with E-state index in [4.69, 9.17) is 5.14 Å². The van der Waals surface area contributed by atoms with Crippen molar-refractivity contribution < 1.29 is 16.8 Å². The van der Waals surface area contributed by atoms with Crippen LogP contribution in [0.5, 0.6) is 0 Å². The summed E-state index contributed by atoms with van der Waals surface area (Å²) in [6.45, 7) is 1.41. The first-order chi connectivity index (χ1) is 9.62. The summed E-state index contributed by atoms with van der Waals surface area (Å²) in [4.78, 5) is 0. The molecule has 1 unspecified atom stereocenters. The molecule has 21 heavy (non-hydrogen) atoms. The van der Waals surface area contributed by atoms with Gasteiger partial charge in [0.15, 0.2) is 15.7 Å². The molecule has 0 fully saturated rings. The van der Waals surface area contributed by atoms with Gasteiger partial charge in [0, 0.05) is 11.9 Å². The number of sulfonamides is 1. The maximum absolute atomic E-state index is 11.7. The zero-order valence-electron chi connectivity index (χ0n) is 11.3. The highest BCUT2D eigenvalue weighted by Crippen LogP contribution is 2.24. The Morgan fingerprint density at radius 2 is 1.67 bits per heavy atom. The predicted octanol–water partition coefficient (Wildman–Crippen LogP) is 0.0203. The van der Waals surface area contributed by atoms with E-state index in [-0.39, 0.29) is 5.82 Å². The van der Waals surface area contributed by atoms with Crippen molar-refractivity contribution >= 4 is 19.9 Å². The van der Waals surface area contributed by atoms with Gasteiger partial charge in [-0.05, 0) is 19.1 Å². The van der Waals surface area contributed by atoms with Crippen LogP contribution < -0.4 is 5.14 Å². The third kappa shape index (κ3) is 3.12. The van der Waals surface area contributed by atoms with Crippen LogP contribution in [-0.4, -0.2) is 37.9 Å². The van der Waals surface area contributed by atoms with Crippen molar-refractivity contribution in [1.29, 1.82) is 0 Å². The minimum Gasteiger partial charge on any atom is -0.268 e. The molecule has 8 nitrogen and oxygen atoms in total. The lowest BCUT2D eigenvalue weighted by molar-refractivity contribution is 0.579. The maximum Gasteiger partial charge on any atom is 0.274 e. The average molecular weight is 330 g/mol. The lowest BCUT2D eigenvalue weighted by atomic mass is 10.3. The van der Waals surface area contributed by atoms with E-state index in [1.165, 1.54) is 6.92 Å². The van der Waals surface area contributed by atoms with Crippen LogP contribution in [0.3, 0.4) is 0 Å². The Morgan fingerprint density at radius 1 is 1.10 bits per heavy atom. The zero-order valence-corrected chi connectivity index (χ0v) is 13.0. The van der Waals surface area contributed by atoms with Crippen molar-refractivity contribution in [2.75, 3.05) is 6.26 Å². The molecule has 1 atom stereocenters. The minimum atomic E-state index is -4.15. The number of nitrogens with zero attached hydrogens (tertiary/aromatic N) is 3. The standard InChI is InChI=1S/C11H14N4O4S2/c1-8(20(2,16)17)10-13-14-11(21(12,18)19)15(10)9-6-4-3-5-7-9/h3-8H,1-2H3,(H2,12,18,19). The minimum absolute atomic E-state index is 0.00674. The molecule has 1 heterocycles. The molecule has 2 N–H and O–H groups in total. The Labute approximate surface area is 122 Å². The number of para-hydroxylation sites is 1. The Kier molecular flexibility index (Phi) is 3.87. The number of rotatable bonds is 4. The van der Waals surface area contributed by atoms with Crippen molar-refractivity contribution in [1.82, 2.24) is 14.8 Å². The molecular formula is C11H14N4O4S2. The highest BCUT2D eigenvalue weighted by atomic mass is 32.2. The molecule has 1 aromatic heterocycles. The SMILES string of the molecule is CC(c1nnc(S(N)(=O)=O)n1-c1ccccc1)S(C)(=O)=O. The second-order valence-electron chi connectivity index (χ2n) is 4.53. The third-order valence-corrected chi connectivity index (χ3v) is 5.20. The summed E-state index contributed by atoms with van der Waals surface area (Å²) in [6, 6.07) is 8.31. The third-order valence-electron chi connectivity index (χ3n) is 2.93. The fourth-order valence-electron chi connectivity index (χ4n) is 1.74. The normalized spacial score (nSPS) is 14.0. The summed E-state index contributed by atoms with van der Waals surface area (Å²) in [5.74, 6) is -0.00674. The summed E-state index contributed by atoms with van der Waals surface area (Å²) in [5, 5.41) is 10.8. The number of hydrogen-bond donors (Lipinski definition) is 1. The Hall–Kier alpha value is -1.78. The van der Waals surface area contributed by atoms with E-state index in [2.05, 4.69) is 10.2 Å². The summed E-state index contributed by atoms with van der Waals surface area (Å²) < 4.78 is 47.8. The molecule has 114 valence electrons. The Bertz CT molecular complexity index is 857. The van der Waals surface area contributed by atoms with Crippen LogP contribution in [0.2, 0.25) is 0 Å². The molecule has 0 spiro atoms. The van der Waals surface area contributed by atoms with Gasteiger partial charge >= 0.3 is 0 Å². The molecule has 0 aliphatic rings. The van der Waals surface area contributed by atoms with Crippen molar-refractivity contribution in [3.63, 3.8) is 0 Å². The van der Waals surface area contributed by atoms with E-state index in [9.17, 15) is 16.8 Å². The smallest absolute Gasteiger partial charge is 0.268 e. The van der Waals surface area contributed by atoms with Crippen molar-refractivity contribution in [2.45, 2.75) is 17.3 Å². The lowest BCUT2D eigenvalue weighted by Crippen LogP contribution is -2.20. The second-order valence-corrected chi connectivity index (χ2v) is 8.35. The monoisotopic (exact) mass is 330 g/mol. The van der Waals surface area contributed by atoms with E-state index in [1.54, 1.807) is 30.3 Å². The molecule has 0 bridgehead atoms. The van der Waals surface area contributed by atoms with Gasteiger partial charge in [0.25, 0.3) is 15.2 Å². The van der Waals surface area contributed by atoms with Crippen LogP contribution in [0.1, 0.15) is 18.0 Å². The van der Waals surface area contributed by atoms with Gasteiger partial charge in [-0.25, -0.2) is 22.0 Å². The number of primary sulfonamides is 1. The number of sulfone groups is 1. The topological polar surface area (TPSA) is 125 Å². The Morgan fingerprint density at radius 3 is 2.14 bits per heavy atom. The van der Waals surface area contributed by atoms with Crippen LogP contribution in [0, 0.1) is 0 Å². The molecule has 10 heteroatoms. The molecule has 0 saturated heterocycles. The fraction of sp³-hybridized carbons (Fsp3) is 0.273.